The fourth-order valence-electron chi connectivity index (χ4n) is 4.24. The summed E-state index contributed by atoms with van der Waals surface area (Å²) in [6.45, 7) is 11.0. The van der Waals surface area contributed by atoms with Gasteiger partial charge < -0.3 is 0 Å². The molecule has 4 rings (SSSR count). The molecule has 1 fully saturated rings. The van der Waals surface area contributed by atoms with E-state index in [9.17, 15) is 0 Å². The summed E-state index contributed by atoms with van der Waals surface area (Å²) in [4.78, 5) is 27.4. The van der Waals surface area contributed by atoms with E-state index in [-0.39, 0.29) is 11.5 Å². The molecule has 0 amide bonds. The molecular weight excluding hydrogens is 553 g/mol. The van der Waals surface area contributed by atoms with Crippen LogP contribution in [0.25, 0.3) is 11.3 Å². The molecule has 3 aromatic rings. The topological polar surface area (TPSA) is 98.1 Å². The summed E-state index contributed by atoms with van der Waals surface area (Å²) in [6.07, 6.45) is 10.8. The SMILES string of the molecule is COC(=N[C@@H](C)[C@](C)(c1ccc(-c2cncnc2)nc1)C(C)C)c1cnc(I2CCNCC2)cn1. The van der Waals surface area contributed by atoms with Gasteiger partial charge in [0.2, 0.25) is 0 Å². The number of aliphatic imine (C=N–C) groups is 1. The van der Waals surface area contributed by atoms with Crippen molar-refractivity contribution in [3.63, 3.8) is 0 Å². The Morgan fingerprint density at radius 1 is 1.00 bits per heavy atom. The van der Waals surface area contributed by atoms with Crippen molar-refractivity contribution in [2.75, 3.05) is 29.1 Å². The van der Waals surface area contributed by atoms with E-state index in [1.807, 2.05) is 24.7 Å². The van der Waals surface area contributed by atoms with Gasteiger partial charge in [-0.15, -0.1) is 0 Å². The standard InChI is InChI=1S/C26H34IN7O/c1-18(2)26(4,21-6-7-22(31-14-21)20-12-29-17-30-13-20)19(3)34-25(35-5)23-15-33-24(16-32-23)27-8-10-28-11-9-27/h6-7,12-19,28H,8-11H2,1-5H3/t19-,26+/m0/s1. The summed E-state index contributed by atoms with van der Waals surface area (Å²) < 4.78 is 9.39. The van der Waals surface area contributed by atoms with E-state index in [2.05, 4.69) is 49.0 Å². The van der Waals surface area contributed by atoms with Crippen molar-refractivity contribution in [2.24, 2.45) is 10.9 Å². The van der Waals surface area contributed by atoms with Gasteiger partial charge in [-0.1, -0.05) is 0 Å². The summed E-state index contributed by atoms with van der Waals surface area (Å²) >= 11 is -1.20. The number of halogens is 1. The molecule has 0 aliphatic carbocycles. The predicted octanol–water partition coefficient (Wildman–Crippen LogP) is 4.00. The van der Waals surface area contributed by atoms with Crippen LogP contribution in [0.2, 0.25) is 0 Å². The third-order valence-corrected chi connectivity index (χ3v) is 12.7. The Morgan fingerprint density at radius 2 is 1.74 bits per heavy atom. The van der Waals surface area contributed by atoms with Crippen molar-refractivity contribution in [1.82, 2.24) is 30.2 Å². The zero-order chi connectivity index (χ0) is 24.8. The van der Waals surface area contributed by atoms with Crippen LogP contribution in [-0.2, 0) is 10.2 Å². The van der Waals surface area contributed by atoms with Crippen LogP contribution in [-0.4, -0.2) is 65.9 Å². The first-order valence-corrected chi connectivity index (χ1v) is 16.0. The normalized spacial score (nSPS) is 18.2. The first-order valence-electron chi connectivity index (χ1n) is 11.9. The van der Waals surface area contributed by atoms with Crippen molar-refractivity contribution >= 4 is 25.7 Å². The molecule has 8 nitrogen and oxygen atoms in total. The van der Waals surface area contributed by atoms with Crippen LogP contribution in [0.15, 0.2) is 54.4 Å². The van der Waals surface area contributed by atoms with Crippen LogP contribution in [0.1, 0.15) is 39.0 Å². The average molecular weight is 588 g/mol. The Hall–Kier alpha value is -2.53. The molecule has 35 heavy (non-hydrogen) atoms. The van der Waals surface area contributed by atoms with Gasteiger partial charge in [0.05, 0.1) is 0 Å². The Bertz CT molecular complexity index is 1120. The number of ether oxygens (including phenoxy) is 1. The van der Waals surface area contributed by atoms with Crippen molar-refractivity contribution in [1.29, 1.82) is 0 Å². The zero-order valence-corrected chi connectivity index (χ0v) is 23.2. The minimum absolute atomic E-state index is 0.0772. The summed E-state index contributed by atoms with van der Waals surface area (Å²) in [6, 6.07) is 4.08. The van der Waals surface area contributed by atoms with Gasteiger partial charge in [-0.2, -0.15) is 0 Å². The second kappa shape index (κ2) is 11.5. The molecule has 0 saturated carbocycles. The van der Waals surface area contributed by atoms with E-state index in [0.29, 0.717) is 17.5 Å². The predicted molar refractivity (Wildman–Crippen MR) is 148 cm³/mol. The first kappa shape index (κ1) is 25.6. The van der Waals surface area contributed by atoms with Gasteiger partial charge in [-0.05, 0) is 0 Å². The van der Waals surface area contributed by atoms with Crippen LogP contribution >= 0.6 is 19.8 Å². The number of hydrogen-bond donors (Lipinski definition) is 1. The molecule has 1 aliphatic heterocycles. The van der Waals surface area contributed by atoms with Crippen LogP contribution in [0.3, 0.4) is 0 Å². The maximum absolute atomic E-state index is 5.70. The fraction of sp³-hybridized carbons (Fsp3) is 0.462. The van der Waals surface area contributed by atoms with E-state index < -0.39 is 19.8 Å². The summed E-state index contributed by atoms with van der Waals surface area (Å²) in [5.74, 6) is 0.829. The van der Waals surface area contributed by atoms with Crippen LogP contribution in [0.5, 0.6) is 0 Å². The quantitative estimate of drug-likeness (QED) is 0.193. The summed E-state index contributed by atoms with van der Waals surface area (Å²) in [5, 5.41) is 3.43. The molecule has 1 aliphatic rings. The third-order valence-electron chi connectivity index (χ3n) is 6.93. The molecule has 1 saturated heterocycles. The number of hydrogen-bond acceptors (Lipinski definition) is 8. The van der Waals surface area contributed by atoms with Gasteiger partial charge in [-0.25, -0.2) is 9.97 Å². The number of rotatable bonds is 7. The van der Waals surface area contributed by atoms with Crippen LogP contribution < -0.4 is 5.32 Å². The second-order valence-corrected chi connectivity index (χ2v) is 15.0. The Labute approximate surface area is 214 Å². The van der Waals surface area contributed by atoms with Crippen molar-refractivity contribution in [3.8, 4) is 11.3 Å². The molecule has 0 radical (unpaired) electrons. The van der Waals surface area contributed by atoms with E-state index in [1.165, 1.54) is 18.9 Å². The maximum atomic E-state index is 5.70. The van der Waals surface area contributed by atoms with Gasteiger partial charge in [0, 0.05) is 18.0 Å². The van der Waals surface area contributed by atoms with Crippen molar-refractivity contribution in [3.05, 3.63) is 64.4 Å². The van der Waals surface area contributed by atoms with E-state index in [0.717, 1.165) is 29.9 Å². The van der Waals surface area contributed by atoms with Gasteiger partial charge >= 0.3 is 181 Å². The number of pyridine rings is 1. The first-order chi connectivity index (χ1) is 16.9. The number of nitrogens with zero attached hydrogens (tertiary/aromatic N) is 6. The van der Waals surface area contributed by atoms with Gasteiger partial charge in [-0.3, -0.25) is 0 Å². The monoisotopic (exact) mass is 587 g/mol. The number of nitrogens with one attached hydrogen (secondary N) is 1. The molecule has 9 heteroatoms. The van der Waals surface area contributed by atoms with Crippen molar-refractivity contribution in [2.45, 2.75) is 39.2 Å². The zero-order valence-electron chi connectivity index (χ0n) is 21.1. The molecule has 0 bridgehead atoms. The molecule has 2 atom stereocenters. The molecule has 3 aromatic heterocycles. The molecule has 1 N–H and O–H groups in total. The van der Waals surface area contributed by atoms with E-state index in [1.54, 1.807) is 19.5 Å². The molecule has 0 aromatic carbocycles. The molecule has 4 heterocycles. The minimum atomic E-state index is -1.20. The average Bonchev–Trinajstić information content (AvgIpc) is 2.92. The second-order valence-electron chi connectivity index (χ2n) is 9.12. The molecule has 0 unspecified atom stereocenters. The van der Waals surface area contributed by atoms with E-state index in [4.69, 9.17) is 24.7 Å². The number of aromatic nitrogens is 5. The van der Waals surface area contributed by atoms with Crippen molar-refractivity contribution < 1.29 is 4.74 Å². The number of methoxy groups -OCH3 is 1. The van der Waals surface area contributed by atoms with Crippen LogP contribution in [0.4, 0.5) is 0 Å². The van der Waals surface area contributed by atoms with Gasteiger partial charge in [0.15, 0.2) is 0 Å². The Kier molecular flexibility index (Phi) is 8.38. The molecular formula is C26H34IN7O. The van der Waals surface area contributed by atoms with Crippen LogP contribution in [0, 0.1) is 9.62 Å². The van der Waals surface area contributed by atoms with Gasteiger partial charge in [0.25, 0.3) is 0 Å². The number of alkyl halides is 2. The third kappa shape index (κ3) is 5.66. The Morgan fingerprint density at radius 3 is 2.31 bits per heavy atom. The molecule has 186 valence electrons. The summed E-state index contributed by atoms with van der Waals surface area (Å²) in [5.41, 5.74) is 3.28. The van der Waals surface area contributed by atoms with Gasteiger partial charge in [0.1, 0.15) is 6.33 Å². The van der Waals surface area contributed by atoms with E-state index >= 15 is 0 Å². The fourth-order valence-corrected chi connectivity index (χ4v) is 9.02. The summed E-state index contributed by atoms with van der Waals surface area (Å²) in [7, 11) is 1.65. The molecule has 0 spiro atoms. The Balaban J connectivity index is 1.58.